The smallest absolute Gasteiger partial charge is 0.205 e. The zero-order valence-corrected chi connectivity index (χ0v) is 19.0. The molecule has 1 aliphatic carbocycles. The van der Waals surface area contributed by atoms with E-state index in [1.165, 1.54) is 12.0 Å². The normalized spacial score (nSPS) is 21.3. The third kappa shape index (κ3) is 7.35. The SMILES string of the molecule is C[Si](C)(C)CCS(=O)(=O)N=C1CCCCCC1Cc1ccccc1Br. The molecule has 0 amide bonds. The van der Waals surface area contributed by atoms with E-state index in [1.807, 2.05) is 18.2 Å². The Balaban J connectivity index is 2.20. The van der Waals surface area contributed by atoms with Gasteiger partial charge in [0.1, 0.15) is 0 Å². The van der Waals surface area contributed by atoms with Crippen LogP contribution in [0.3, 0.4) is 0 Å². The molecule has 25 heavy (non-hydrogen) atoms. The van der Waals surface area contributed by atoms with Crippen molar-refractivity contribution in [3.05, 3.63) is 34.3 Å². The summed E-state index contributed by atoms with van der Waals surface area (Å²) >= 11 is 3.62. The molecule has 0 N–H and O–H groups in total. The Hall–Kier alpha value is -0.463. The van der Waals surface area contributed by atoms with E-state index in [2.05, 4.69) is 46.0 Å². The topological polar surface area (TPSA) is 46.5 Å². The number of sulfonamides is 1. The van der Waals surface area contributed by atoms with E-state index in [0.29, 0.717) is 0 Å². The fraction of sp³-hybridized carbons (Fsp3) is 0.632. The Morgan fingerprint density at radius 2 is 1.88 bits per heavy atom. The zero-order chi connectivity index (χ0) is 18.5. The molecule has 0 heterocycles. The molecule has 1 unspecified atom stereocenters. The predicted octanol–water partition coefficient (Wildman–Crippen LogP) is 5.68. The fourth-order valence-corrected chi connectivity index (χ4v) is 7.79. The molecule has 140 valence electrons. The number of halogens is 1. The predicted molar refractivity (Wildman–Crippen MR) is 114 cm³/mol. The average Bonchev–Trinajstić information content (AvgIpc) is 2.72. The number of hydrogen-bond donors (Lipinski definition) is 0. The van der Waals surface area contributed by atoms with Crippen LogP contribution in [0.5, 0.6) is 0 Å². The Bertz CT molecular complexity index is 710. The molecular formula is C19H30BrNO2SSi. The lowest BCUT2D eigenvalue weighted by Crippen LogP contribution is -2.24. The van der Waals surface area contributed by atoms with Crippen molar-refractivity contribution >= 4 is 39.7 Å². The molecule has 1 fully saturated rings. The quantitative estimate of drug-likeness (QED) is 0.419. The molecule has 1 atom stereocenters. The van der Waals surface area contributed by atoms with Gasteiger partial charge in [-0.2, -0.15) is 4.40 Å². The van der Waals surface area contributed by atoms with Gasteiger partial charge in [-0.1, -0.05) is 66.6 Å². The van der Waals surface area contributed by atoms with Crippen LogP contribution >= 0.6 is 15.9 Å². The lowest BCUT2D eigenvalue weighted by Gasteiger charge is -2.18. The van der Waals surface area contributed by atoms with Gasteiger partial charge in [0.05, 0.1) is 5.75 Å². The Morgan fingerprint density at radius 3 is 2.56 bits per heavy atom. The number of rotatable bonds is 6. The van der Waals surface area contributed by atoms with E-state index in [0.717, 1.165) is 48.3 Å². The van der Waals surface area contributed by atoms with Gasteiger partial charge in [0.2, 0.25) is 0 Å². The Kier molecular flexibility index (Phi) is 7.47. The fourth-order valence-electron chi connectivity index (χ4n) is 3.17. The minimum absolute atomic E-state index is 0.202. The van der Waals surface area contributed by atoms with Gasteiger partial charge in [0, 0.05) is 24.2 Å². The summed E-state index contributed by atoms with van der Waals surface area (Å²) < 4.78 is 30.5. The second kappa shape index (κ2) is 8.96. The van der Waals surface area contributed by atoms with E-state index in [9.17, 15) is 8.42 Å². The minimum Gasteiger partial charge on any atom is -0.205 e. The molecule has 1 aliphatic rings. The van der Waals surface area contributed by atoms with Crippen LogP contribution in [-0.2, 0) is 16.4 Å². The van der Waals surface area contributed by atoms with Crippen LogP contribution in [-0.4, -0.2) is 28.0 Å². The molecule has 1 aromatic rings. The van der Waals surface area contributed by atoms with Crippen molar-refractivity contribution in [2.45, 2.75) is 64.2 Å². The van der Waals surface area contributed by atoms with E-state index in [1.54, 1.807) is 0 Å². The summed E-state index contributed by atoms with van der Waals surface area (Å²) in [4.78, 5) is 0. The molecule has 1 saturated carbocycles. The van der Waals surface area contributed by atoms with Gasteiger partial charge < -0.3 is 0 Å². The van der Waals surface area contributed by atoms with Crippen molar-refractivity contribution in [2.24, 2.45) is 10.3 Å². The number of hydrogen-bond acceptors (Lipinski definition) is 2. The van der Waals surface area contributed by atoms with Crippen LogP contribution in [0.15, 0.2) is 33.1 Å². The van der Waals surface area contributed by atoms with Crippen molar-refractivity contribution in [2.75, 3.05) is 5.75 Å². The van der Waals surface area contributed by atoms with Crippen LogP contribution in [0, 0.1) is 5.92 Å². The van der Waals surface area contributed by atoms with Gasteiger partial charge in [-0.25, -0.2) is 8.42 Å². The highest BCUT2D eigenvalue weighted by atomic mass is 79.9. The third-order valence-corrected chi connectivity index (χ3v) is 8.87. The van der Waals surface area contributed by atoms with Crippen molar-refractivity contribution < 1.29 is 8.42 Å². The lowest BCUT2D eigenvalue weighted by molar-refractivity contribution is 0.583. The molecular weight excluding hydrogens is 414 g/mol. The lowest BCUT2D eigenvalue weighted by atomic mass is 9.91. The summed E-state index contributed by atoms with van der Waals surface area (Å²) in [6.45, 7) is 6.62. The van der Waals surface area contributed by atoms with Gasteiger partial charge in [0.25, 0.3) is 10.0 Å². The summed E-state index contributed by atoms with van der Waals surface area (Å²) in [5.74, 6) is 0.441. The molecule has 0 aliphatic heterocycles. The molecule has 6 heteroatoms. The molecule has 1 aromatic carbocycles. The third-order valence-electron chi connectivity index (χ3n) is 4.75. The van der Waals surface area contributed by atoms with Gasteiger partial charge in [0.15, 0.2) is 0 Å². The summed E-state index contributed by atoms with van der Waals surface area (Å²) in [6, 6.07) is 9.00. The summed E-state index contributed by atoms with van der Waals surface area (Å²) in [5, 5.41) is 0. The summed E-state index contributed by atoms with van der Waals surface area (Å²) in [6.07, 6.45) is 6.09. The first-order valence-corrected chi connectivity index (χ1v) is 15.3. The van der Waals surface area contributed by atoms with Crippen molar-refractivity contribution in [3.63, 3.8) is 0 Å². The maximum Gasteiger partial charge on any atom is 0.252 e. The van der Waals surface area contributed by atoms with Crippen LogP contribution in [0.4, 0.5) is 0 Å². The second-order valence-electron chi connectivity index (χ2n) is 8.27. The Labute approximate surface area is 162 Å². The van der Waals surface area contributed by atoms with Crippen LogP contribution in [0.1, 0.15) is 37.7 Å². The maximum absolute atomic E-state index is 12.5. The molecule has 3 nitrogen and oxygen atoms in total. The van der Waals surface area contributed by atoms with Crippen molar-refractivity contribution in [1.82, 2.24) is 0 Å². The first-order chi connectivity index (χ1) is 11.7. The molecule has 0 spiro atoms. The molecule has 0 bridgehead atoms. The van der Waals surface area contributed by atoms with Crippen LogP contribution in [0.25, 0.3) is 0 Å². The monoisotopic (exact) mass is 443 g/mol. The van der Waals surface area contributed by atoms with E-state index < -0.39 is 18.1 Å². The van der Waals surface area contributed by atoms with Crippen LogP contribution < -0.4 is 0 Å². The molecule has 0 aromatic heterocycles. The average molecular weight is 445 g/mol. The van der Waals surface area contributed by atoms with E-state index in [-0.39, 0.29) is 11.7 Å². The first kappa shape index (κ1) is 20.8. The Morgan fingerprint density at radius 1 is 1.16 bits per heavy atom. The van der Waals surface area contributed by atoms with E-state index in [4.69, 9.17) is 0 Å². The first-order valence-electron chi connectivity index (χ1n) is 9.21. The van der Waals surface area contributed by atoms with E-state index >= 15 is 0 Å². The summed E-state index contributed by atoms with van der Waals surface area (Å²) in [5.41, 5.74) is 2.14. The zero-order valence-electron chi connectivity index (χ0n) is 15.6. The highest BCUT2D eigenvalue weighted by Crippen LogP contribution is 2.28. The minimum atomic E-state index is -3.35. The van der Waals surface area contributed by atoms with Crippen molar-refractivity contribution in [1.29, 1.82) is 0 Å². The van der Waals surface area contributed by atoms with Crippen molar-refractivity contribution in [3.8, 4) is 0 Å². The molecule has 2 rings (SSSR count). The maximum atomic E-state index is 12.5. The van der Waals surface area contributed by atoms with Gasteiger partial charge in [-0.15, -0.1) is 0 Å². The van der Waals surface area contributed by atoms with Gasteiger partial charge >= 0.3 is 0 Å². The molecule has 0 saturated heterocycles. The standard InChI is InChI=1S/C19H30BrNO2SSi/c1-25(2,3)14-13-24(22,23)21-19-12-6-4-5-10-17(19)15-16-9-7-8-11-18(16)20/h7-9,11,17H,4-6,10,12-15H2,1-3H3. The highest BCUT2D eigenvalue weighted by Gasteiger charge is 2.24. The molecule has 0 radical (unpaired) electrons. The largest absolute Gasteiger partial charge is 0.252 e. The van der Waals surface area contributed by atoms with Gasteiger partial charge in [-0.3, -0.25) is 0 Å². The highest BCUT2D eigenvalue weighted by molar-refractivity contribution is 9.10. The summed E-state index contributed by atoms with van der Waals surface area (Å²) in [7, 11) is -4.74. The van der Waals surface area contributed by atoms with Gasteiger partial charge in [-0.05, 0) is 43.4 Å². The number of benzene rings is 1. The second-order valence-corrected chi connectivity index (χ2v) is 16.5. The number of nitrogens with zero attached hydrogens (tertiary/aromatic N) is 1. The van der Waals surface area contributed by atoms with Crippen LogP contribution in [0.2, 0.25) is 25.7 Å².